The molecule has 1 heterocycles. The van der Waals surface area contributed by atoms with Gasteiger partial charge in [0.25, 0.3) is 56.0 Å². The van der Waals surface area contributed by atoms with Gasteiger partial charge in [-0.1, -0.05) is 0 Å². The average molecular weight is 291 g/mol. The van der Waals surface area contributed by atoms with Crippen LogP contribution in [0.15, 0.2) is 0 Å². The van der Waals surface area contributed by atoms with Crippen LogP contribution >= 0.6 is 0 Å². The van der Waals surface area contributed by atoms with Crippen molar-refractivity contribution in [2.45, 2.75) is 6.92 Å². The van der Waals surface area contributed by atoms with E-state index in [2.05, 4.69) is 0 Å². The molecule has 0 aromatic rings. The molecule has 1 fully saturated rings. The Labute approximate surface area is 93.7 Å². The Bertz CT molecular complexity index is 107. The predicted octanol–water partition coefficient (Wildman–Crippen LogP) is -4.83. The van der Waals surface area contributed by atoms with Gasteiger partial charge in [-0.05, 0) is 0 Å². The van der Waals surface area contributed by atoms with E-state index in [9.17, 15) is 0 Å². The maximum Gasteiger partial charge on any atom is 0.300 e. The van der Waals surface area contributed by atoms with Crippen LogP contribution in [0.1, 0.15) is 6.92 Å². The van der Waals surface area contributed by atoms with Crippen molar-refractivity contribution in [2.75, 3.05) is 0 Å². The fraction of sp³-hybridized carbons (Fsp3) is 0.500. The molecule has 1 aliphatic heterocycles. The first kappa shape index (κ1) is 14.4. The molecule has 84 valence electrons. The van der Waals surface area contributed by atoms with Gasteiger partial charge in [0.1, 0.15) is 0 Å². The molecule has 1 rings (SSSR count). The standard InChI is InChI=1S/C2H4O2.H10O5Si5/c1-2(3)4;1-6-2-8-4-10-5-9-3-7-1/h1H3,(H,3,4);6-10H2. The van der Waals surface area contributed by atoms with Crippen molar-refractivity contribution in [1.29, 1.82) is 0 Å². The van der Waals surface area contributed by atoms with Crippen molar-refractivity contribution in [3.8, 4) is 0 Å². The van der Waals surface area contributed by atoms with Crippen molar-refractivity contribution in [2.24, 2.45) is 0 Å². The summed E-state index contributed by atoms with van der Waals surface area (Å²) in [6.45, 7) is 1.08. The number of rotatable bonds is 0. The minimum absolute atomic E-state index is 0.724. The Kier molecular flexibility index (Phi) is 11.7. The highest BCUT2D eigenvalue weighted by Gasteiger charge is 1.97. The third-order valence-electron chi connectivity index (χ3n) is 0.833. The van der Waals surface area contributed by atoms with E-state index in [-0.39, 0.29) is 0 Å². The van der Waals surface area contributed by atoms with Crippen molar-refractivity contribution >= 4 is 56.0 Å². The Morgan fingerprint density at radius 1 is 0.857 bits per heavy atom. The van der Waals surface area contributed by atoms with Gasteiger partial charge in [-0.15, -0.1) is 0 Å². The van der Waals surface area contributed by atoms with Crippen LogP contribution < -0.4 is 0 Å². The summed E-state index contributed by atoms with van der Waals surface area (Å²) in [6, 6.07) is 0. The second kappa shape index (κ2) is 11.4. The first-order valence-corrected chi connectivity index (χ1v) is 9.59. The van der Waals surface area contributed by atoms with E-state index < -0.39 is 56.0 Å². The van der Waals surface area contributed by atoms with Crippen LogP contribution in [-0.4, -0.2) is 61.1 Å². The topological polar surface area (TPSA) is 83.5 Å². The highest BCUT2D eigenvalue weighted by Crippen LogP contribution is 1.79. The van der Waals surface area contributed by atoms with Crippen LogP contribution in [0.2, 0.25) is 0 Å². The monoisotopic (exact) mass is 290 g/mol. The molecule has 0 bridgehead atoms. The van der Waals surface area contributed by atoms with Crippen LogP contribution in [0, 0.1) is 0 Å². The van der Waals surface area contributed by atoms with Gasteiger partial charge in [0.2, 0.25) is 0 Å². The Balaban J connectivity index is 0.000000364. The Morgan fingerprint density at radius 3 is 1.14 bits per heavy atom. The SMILES string of the molecule is CC(=O)O.O1[SiH2]O[SiH2]O[SiH2]O[SiH2]O[SiH2]1. The molecule has 0 aromatic heterocycles. The highest BCUT2D eigenvalue weighted by atomic mass is 28.4. The highest BCUT2D eigenvalue weighted by molar-refractivity contribution is 6.50. The smallest absolute Gasteiger partial charge is 0.300 e. The first-order chi connectivity index (χ1) is 6.73. The summed E-state index contributed by atoms with van der Waals surface area (Å²) in [4.78, 5) is 9.00. The Hall–Kier alpha value is 0.354. The van der Waals surface area contributed by atoms with Gasteiger partial charge in [0.15, 0.2) is 0 Å². The maximum absolute atomic E-state index is 9.00. The van der Waals surface area contributed by atoms with Crippen molar-refractivity contribution in [3.63, 3.8) is 0 Å². The van der Waals surface area contributed by atoms with E-state index in [1.807, 2.05) is 0 Å². The molecular formula is C2H14O7Si5. The second-order valence-corrected chi connectivity index (χ2v) is 11.5. The number of hydrogen-bond acceptors (Lipinski definition) is 6. The molecule has 1 aliphatic rings. The fourth-order valence-corrected chi connectivity index (χ4v) is 9.49. The second-order valence-electron chi connectivity index (χ2n) is 2.13. The van der Waals surface area contributed by atoms with Crippen molar-refractivity contribution in [3.05, 3.63) is 0 Å². The van der Waals surface area contributed by atoms with Crippen LogP contribution in [0.5, 0.6) is 0 Å². The quantitative estimate of drug-likeness (QED) is 0.448. The zero-order chi connectivity index (χ0) is 10.6. The molecule has 0 aromatic carbocycles. The molecule has 0 atom stereocenters. The number of aliphatic carboxylic acids is 1. The van der Waals surface area contributed by atoms with E-state index in [0.717, 1.165) is 6.92 Å². The zero-order valence-corrected chi connectivity index (χ0v) is 15.0. The van der Waals surface area contributed by atoms with Gasteiger partial charge in [-0.3, -0.25) is 4.79 Å². The molecule has 0 aliphatic carbocycles. The summed E-state index contributed by atoms with van der Waals surface area (Å²) in [5, 5.41) is 7.42. The summed E-state index contributed by atoms with van der Waals surface area (Å²) in [6.07, 6.45) is 0. The van der Waals surface area contributed by atoms with E-state index in [1.54, 1.807) is 0 Å². The van der Waals surface area contributed by atoms with Crippen molar-refractivity contribution < 1.29 is 30.5 Å². The lowest BCUT2D eigenvalue weighted by Crippen LogP contribution is -2.23. The third kappa shape index (κ3) is 14.9. The van der Waals surface area contributed by atoms with Crippen LogP contribution in [-0.2, 0) is 25.4 Å². The molecule has 1 saturated heterocycles. The summed E-state index contributed by atoms with van der Waals surface area (Å²) < 4.78 is 25.8. The van der Waals surface area contributed by atoms with Gasteiger partial charge in [-0.2, -0.15) is 0 Å². The number of hydrogen-bond donors (Lipinski definition) is 1. The van der Waals surface area contributed by atoms with Gasteiger partial charge < -0.3 is 25.7 Å². The van der Waals surface area contributed by atoms with Crippen LogP contribution in [0.3, 0.4) is 0 Å². The molecule has 0 amide bonds. The average Bonchev–Trinajstić information content (AvgIpc) is 2.14. The fourth-order valence-electron chi connectivity index (χ4n) is 0.465. The molecular weight excluding hydrogens is 276 g/mol. The van der Waals surface area contributed by atoms with E-state index in [4.69, 9.17) is 30.5 Å². The maximum atomic E-state index is 9.00. The number of carbonyl (C=O) groups is 1. The van der Waals surface area contributed by atoms with E-state index in [0.29, 0.717) is 0 Å². The zero-order valence-electron chi connectivity index (χ0n) is 7.93. The first-order valence-electron chi connectivity index (χ1n) is 3.81. The molecule has 0 spiro atoms. The molecule has 0 unspecified atom stereocenters. The molecule has 14 heavy (non-hydrogen) atoms. The lowest BCUT2D eigenvalue weighted by molar-refractivity contribution is -0.134. The molecule has 7 nitrogen and oxygen atoms in total. The molecule has 1 N–H and O–H groups in total. The van der Waals surface area contributed by atoms with Gasteiger partial charge in [-0.25, -0.2) is 0 Å². The van der Waals surface area contributed by atoms with Gasteiger partial charge >= 0.3 is 0 Å². The summed E-state index contributed by atoms with van der Waals surface area (Å²) in [5.41, 5.74) is 0. The minimum atomic E-state index is -0.833. The van der Waals surface area contributed by atoms with Gasteiger partial charge in [0, 0.05) is 6.92 Å². The van der Waals surface area contributed by atoms with Crippen LogP contribution in [0.25, 0.3) is 0 Å². The molecule has 0 saturated carbocycles. The summed E-state index contributed by atoms with van der Waals surface area (Å²) in [7, 11) is -3.62. The minimum Gasteiger partial charge on any atom is -0.481 e. The third-order valence-corrected chi connectivity index (χ3v) is 7.50. The number of carboxylic acids is 1. The normalized spacial score (nSPS) is 27.5. The predicted molar refractivity (Wildman–Crippen MR) is 61.5 cm³/mol. The summed E-state index contributed by atoms with van der Waals surface area (Å²) >= 11 is 0. The number of carboxylic acid groups (broad SMARTS) is 1. The molecule has 12 heteroatoms. The largest absolute Gasteiger partial charge is 0.481 e. The van der Waals surface area contributed by atoms with Crippen molar-refractivity contribution in [1.82, 2.24) is 0 Å². The van der Waals surface area contributed by atoms with E-state index in [1.165, 1.54) is 0 Å². The lowest BCUT2D eigenvalue weighted by atomic mass is 10.9. The van der Waals surface area contributed by atoms with E-state index >= 15 is 0 Å². The molecule has 0 radical (unpaired) electrons. The lowest BCUT2D eigenvalue weighted by Gasteiger charge is -2.10. The van der Waals surface area contributed by atoms with Crippen LogP contribution in [0.4, 0.5) is 0 Å². The Morgan fingerprint density at radius 2 is 1.00 bits per heavy atom. The van der Waals surface area contributed by atoms with Gasteiger partial charge in [0.05, 0.1) is 0 Å². The summed E-state index contributed by atoms with van der Waals surface area (Å²) in [5.74, 6) is -0.833.